The molecule has 1 N–H and O–H groups in total. The third kappa shape index (κ3) is 3.19. The Hall–Kier alpha value is -0.600. The highest BCUT2D eigenvalue weighted by atomic mass is 35.5. The van der Waals surface area contributed by atoms with Crippen LogP contribution < -0.4 is 5.32 Å². The molecule has 0 spiro atoms. The van der Waals surface area contributed by atoms with E-state index in [0.29, 0.717) is 0 Å². The van der Waals surface area contributed by atoms with Crippen LogP contribution >= 0.6 is 11.6 Å². The Morgan fingerprint density at radius 1 is 1.31 bits per heavy atom. The summed E-state index contributed by atoms with van der Waals surface area (Å²) in [6, 6.07) is 4.90. The Bertz CT molecular complexity index is 348. The fourth-order valence-electron chi connectivity index (χ4n) is 2.28. The maximum Gasteiger partial charge on any atom is 0.141 e. The molecule has 0 heterocycles. The zero-order valence-corrected chi connectivity index (χ0v) is 10.1. The molecular formula is C13H17ClFN. The van der Waals surface area contributed by atoms with Gasteiger partial charge in [0.1, 0.15) is 5.82 Å². The van der Waals surface area contributed by atoms with Crippen LogP contribution in [0.3, 0.4) is 0 Å². The molecule has 0 aromatic heterocycles. The Morgan fingerprint density at radius 3 is 2.75 bits per heavy atom. The van der Waals surface area contributed by atoms with Gasteiger partial charge in [-0.1, -0.05) is 30.5 Å². The second kappa shape index (κ2) is 5.65. The molecule has 0 unspecified atom stereocenters. The van der Waals surface area contributed by atoms with Gasteiger partial charge in [0.25, 0.3) is 0 Å². The maximum atomic E-state index is 12.9. The first-order chi connectivity index (χ1) is 7.75. The summed E-state index contributed by atoms with van der Waals surface area (Å²) in [5, 5.41) is 3.62. The summed E-state index contributed by atoms with van der Waals surface area (Å²) < 4.78 is 12.9. The SMILES string of the molecule is Fc1ccc(CNCC2CCCC2)cc1Cl. The van der Waals surface area contributed by atoms with Gasteiger partial charge in [-0.2, -0.15) is 0 Å². The molecular weight excluding hydrogens is 225 g/mol. The van der Waals surface area contributed by atoms with Gasteiger partial charge >= 0.3 is 0 Å². The summed E-state index contributed by atoms with van der Waals surface area (Å²) in [5.41, 5.74) is 1.05. The highest BCUT2D eigenvalue weighted by Gasteiger charge is 2.13. The molecule has 16 heavy (non-hydrogen) atoms. The Kier molecular flexibility index (Phi) is 4.19. The highest BCUT2D eigenvalue weighted by Crippen LogP contribution is 2.23. The molecule has 1 aromatic rings. The molecule has 0 aliphatic heterocycles. The van der Waals surface area contributed by atoms with Crippen molar-refractivity contribution < 1.29 is 4.39 Å². The van der Waals surface area contributed by atoms with Crippen molar-refractivity contribution in [2.24, 2.45) is 5.92 Å². The van der Waals surface area contributed by atoms with E-state index in [1.165, 1.54) is 31.7 Å². The minimum absolute atomic E-state index is 0.208. The first-order valence-corrected chi connectivity index (χ1v) is 6.28. The van der Waals surface area contributed by atoms with E-state index in [9.17, 15) is 4.39 Å². The Balaban J connectivity index is 1.78. The minimum atomic E-state index is -0.346. The molecule has 1 nitrogen and oxygen atoms in total. The molecule has 0 bridgehead atoms. The summed E-state index contributed by atoms with van der Waals surface area (Å²) in [4.78, 5) is 0. The van der Waals surface area contributed by atoms with E-state index >= 15 is 0 Å². The second-order valence-corrected chi connectivity index (χ2v) is 4.94. The zero-order chi connectivity index (χ0) is 11.4. The third-order valence-corrected chi connectivity index (χ3v) is 3.51. The van der Waals surface area contributed by atoms with Gasteiger partial charge in [-0.05, 0) is 43.0 Å². The lowest BCUT2D eigenvalue weighted by molar-refractivity contribution is 0.489. The summed E-state index contributed by atoms with van der Waals surface area (Å²) in [7, 11) is 0. The van der Waals surface area contributed by atoms with Gasteiger partial charge in [-0.3, -0.25) is 0 Å². The Labute approximate surface area is 101 Å². The zero-order valence-electron chi connectivity index (χ0n) is 9.31. The van der Waals surface area contributed by atoms with Crippen molar-refractivity contribution in [2.75, 3.05) is 6.54 Å². The summed E-state index contributed by atoms with van der Waals surface area (Å²) in [6.45, 7) is 1.84. The number of nitrogens with one attached hydrogen (secondary N) is 1. The minimum Gasteiger partial charge on any atom is -0.312 e. The van der Waals surface area contributed by atoms with Crippen LogP contribution in [0.2, 0.25) is 5.02 Å². The lowest BCUT2D eigenvalue weighted by Crippen LogP contribution is -2.20. The van der Waals surface area contributed by atoms with Gasteiger partial charge < -0.3 is 5.32 Å². The monoisotopic (exact) mass is 241 g/mol. The number of halogens is 2. The van der Waals surface area contributed by atoms with Crippen molar-refractivity contribution in [1.29, 1.82) is 0 Å². The van der Waals surface area contributed by atoms with Gasteiger partial charge in [0.15, 0.2) is 0 Å². The van der Waals surface area contributed by atoms with E-state index in [1.807, 2.05) is 0 Å². The normalized spacial score (nSPS) is 16.9. The van der Waals surface area contributed by atoms with E-state index in [4.69, 9.17) is 11.6 Å². The van der Waals surface area contributed by atoms with Crippen molar-refractivity contribution >= 4 is 11.6 Å². The average molecular weight is 242 g/mol. The van der Waals surface area contributed by atoms with Crippen LogP contribution in [0.4, 0.5) is 4.39 Å². The number of benzene rings is 1. The lowest BCUT2D eigenvalue weighted by Gasteiger charge is -2.10. The third-order valence-electron chi connectivity index (χ3n) is 3.22. The van der Waals surface area contributed by atoms with E-state index < -0.39 is 0 Å². The second-order valence-electron chi connectivity index (χ2n) is 4.53. The molecule has 0 amide bonds. The first kappa shape index (κ1) is 11.9. The van der Waals surface area contributed by atoms with Crippen molar-refractivity contribution in [2.45, 2.75) is 32.2 Å². The van der Waals surface area contributed by atoms with Crippen molar-refractivity contribution in [3.05, 3.63) is 34.6 Å². The molecule has 3 heteroatoms. The first-order valence-electron chi connectivity index (χ1n) is 5.90. The maximum absolute atomic E-state index is 12.9. The quantitative estimate of drug-likeness (QED) is 0.847. The highest BCUT2D eigenvalue weighted by molar-refractivity contribution is 6.30. The molecule has 1 saturated carbocycles. The van der Waals surface area contributed by atoms with Crippen molar-refractivity contribution in [1.82, 2.24) is 5.32 Å². The van der Waals surface area contributed by atoms with Gasteiger partial charge in [0.2, 0.25) is 0 Å². The lowest BCUT2D eigenvalue weighted by atomic mass is 10.1. The smallest absolute Gasteiger partial charge is 0.141 e. The van der Waals surface area contributed by atoms with Crippen LogP contribution in [-0.2, 0) is 6.54 Å². The van der Waals surface area contributed by atoms with Crippen LogP contribution in [-0.4, -0.2) is 6.54 Å². The van der Waals surface area contributed by atoms with Crippen LogP contribution in [0.15, 0.2) is 18.2 Å². The fourth-order valence-corrected chi connectivity index (χ4v) is 2.49. The fraction of sp³-hybridized carbons (Fsp3) is 0.538. The average Bonchev–Trinajstić information content (AvgIpc) is 2.76. The van der Waals surface area contributed by atoms with Crippen molar-refractivity contribution in [3.8, 4) is 0 Å². The van der Waals surface area contributed by atoms with Crippen LogP contribution in [0.25, 0.3) is 0 Å². The predicted molar refractivity (Wildman–Crippen MR) is 65.1 cm³/mol. The topological polar surface area (TPSA) is 12.0 Å². The number of rotatable bonds is 4. The molecule has 0 radical (unpaired) electrons. The number of hydrogen-bond donors (Lipinski definition) is 1. The molecule has 88 valence electrons. The Morgan fingerprint density at radius 2 is 2.06 bits per heavy atom. The van der Waals surface area contributed by atoms with Crippen molar-refractivity contribution in [3.63, 3.8) is 0 Å². The molecule has 2 rings (SSSR count). The largest absolute Gasteiger partial charge is 0.312 e. The molecule has 1 fully saturated rings. The molecule has 0 atom stereocenters. The predicted octanol–water partition coefficient (Wildman–Crippen LogP) is 3.76. The molecule has 1 aromatic carbocycles. The van der Waals surface area contributed by atoms with Gasteiger partial charge in [0.05, 0.1) is 5.02 Å². The van der Waals surface area contributed by atoms with E-state index in [-0.39, 0.29) is 10.8 Å². The molecule has 0 saturated heterocycles. The van der Waals surface area contributed by atoms with Crippen LogP contribution in [0, 0.1) is 11.7 Å². The van der Waals surface area contributed by atoms with Gasteiger partial charge in [-0.15, -0.1) is 0 Å². The standard InChI is InChI=1S/C13H17ClFN/c14-12-7-11(5-6-13(12)15)9-16-8-10-3-1-2-4-10/h5-7,10,16H,1-4,8-9H2. The number of hydrogen-bond acceptors (Lipinski definition) is 1. The van der Waals surface area contributed by atoms with E-state index in [2.05, 4.69) is 5.32 Å². The van der Waals surface area contributed by atoms with Gasteiger partial charge in [-0.25, -0.2) is 4.39 Å². The summed E-state index contributed by atoms with van der Waals surface area (Å²) in [5.74, 6) is 0.483. The van der Waals surface area contributed by atoms with Gasteiger partial charge in [0, 0.05) is 6.54 Å². The van der Waals surface area contributed by atoms with E-state index in [0.717, 1.165) is 24.6 Å². The summed E-state index contributed by atoms with van der Waals surface area (Å²) in [6.07, 6.45) is 5.43. The van der Waals surface area contributed by atoms with Crippen LogP contribution in [0.1, 0.15) is 31.2 Å². The van der Waals surface area contributed by atoms with E-state index in [1.54, 1.807) is 12.1 Å². The summed E-state index contributed by atoms with van der Waals surface area (Å²) >= 11 is 5.72. The molecule has 1 aliphatic carbocycles. The van der Waals surface area contributed by atoms with Crippen LogP contribution in [0.5, 0.6) is 0 Å². The molecule has 1 aliphatic rings.